The summed E-state index contributed by atoms with van der Waals surface area (Å²) in [7, 11) is 0. The van der Waals surface area contributed by atoms with Crippen molar-refractivity contribution in [3.05, 3.63) is 80.7 Å². The average molecular weight is 325 g/mol. The van der Waals surface area contributed by atoms with Crippen LogP contribution in [0.5, 0.6) is 0 Å². The molecular weight excluding hydrogens is 314 g/mol. The highest BCUT2D eigenvalue weighted by Gasteiger charge is 2.14. The number of nitrogens with zero attached hydrogens (tertiary/aromatic N) is 5. The molecule has 0 aliphatic heterocycles. The van der Waals surface area contributed by atoms with Crippen LogP contribution in [0.1, 0.15) is 5.56 Å². The van der Waals surface area contributed by atoms with Crippen LogP contribution in [-0.2, 0) is 6.54 Å². The van der Waals surface area contributed by atoms with Crippen molar-refractivity contribution < 1.29 is 9.85 Å². The van der Waals surface area contributed by atoms with Crippen LogP contribution in [-0.4, -0.2) is 24.6 Å². The van der Waals surface area contributed by atoms with Gasteiger partial charge in [-0.15, -0.1) is 0 Å². The fraction of sp³-hybridized carbons (Fsp3) is 0.0667. The molecule has 0 radical (unpaired) electrons. The van der Waals surface area contributed by atoms with E-state index >= 15 is 0 Å². The molecule has 3 aromatic rings. The predicted molar refractivity (Wildman–Crippen MR) is 84.3 cm³/mol. The first kappa shape index (κ1) is 15.3. The topological polar surface area (TPSA) is 117 Å². The molecule has 0 amide bonds. The smallest absolute Gasteiger partial charge is 0.258 e. The van der Waals surface area contributed by atoms with E-state index in [2.05, 4.69) is 10.1 Å². The summed E-state index contributed by atoms with van der Waals surface area (Å²) < 4.78 is 1.49. The van der Waals surface area contributed by atoms with E-state index in [1.165, 1.54) is 29.2 Å². The second kappa shape index (κ2) is 6.24. The number of benzene rings is 2. The first-order chi connectivity index (χ1) is 11.5. The molecule has 9 nitrogen and oxygen atoms in total. The average Bonchev–Trinajstić information content (AvgIpc) is 3.04. The van der Waals surface area contributed by atoms with Gasteiger partial charge in [-0.2, -0.15) is 5.10 Å². The summed E-state index contributed by atoms with van der Waals surface area (Å²) in [5.74, 6) is 0.392. The number of para-hydroxylation sites is 1. The maximum Gasteiger partial charge on any atom is 0.274 e. The highest BCUT2D eigenvalue weighted by Crippen LogP contribution is 2.21. The number of hydrogen-bond donors (Lipinski definition) is 0. The maximum absolute atomic E-state index is 11.0. The number of non-ortho nitro benzene ring substituents is 1. The molecule has 24 heavy (non-hydrogen) atoms. The van der Waals surface area contributed by atoms with Crippen LogP contribution < -0.4 is 0 Å². The lowest BCUT2D eigenvalue weighted by Gasteiger charge is -2.02. The Morgan fingerprint density at radius 3 is 2.33 bits per heavy atom. The van der Waals surface area contributed by atoms with Gasteiger partial charge in [0.15, 0.2) is 5.82 Å². The van der Waals surface area contributed by atoms with E-state index in [0.717, 1.165) is 0 Å². The van der Waals surface area contributed by atoms with E-state index < -0.39 is 9.85 Å². The third kappa shape index (κ3) is 3.09. The monoisotopic (exact) mass is 325 g/mol. The van der Waals surface area contributed by atoms with Gasteiger partial charge in [0.1, 0.15) is 6.33 Å². The van der Waals surface area contributed by atoms with Crippen molar-refractivity contribution in [2.75, 3.05) is 0 Å². The molecule has 1 aromatic heterocycles. The quantitative estimate of drug-likeness (QED) is 0.526. The minimum atomic E-state index is -0.482. The zero-order valence-electron chi connectivity index (χ0n) is 12.3. The van der Waals surface area contributed by atoms with Gasteiger partial charge in [0.25, 0.3) is 11.4 Å². The van der Waals surface area contributed by atoms with Crippen molar-refractivity contribution in [3.63, 3.8) is 0 Å². The Morgan fingerprint density at radius 1 is 0.958 bits per heavy atom. The molecule has 0 saturated carbocycles. The van der Waals surface area contributed by atoms with Gasteiger partial charge in [-0.1, -0.05) is 18.2 Å². The zero-order chi connectivity index (χ0) is 17.1. The van der Waals surface area contributed by atoms with Crippen molar-refractivity contribution in [1.29, 1.82) is 0 Å². The summed E-state index contributed by atoms with van der Waals surface area (Å²) >= 11 is 0. The molecular formula is C15H11N5O4. The summed E-state index contributed by atoms with van der Waals surface area (Å²) in [4.78, 5) is 24.9. The van der Waals surface area contributed by atoms with Crippen LogP contribution in [0.4, 0.5) is 11.4 Å². The van der Waals surface area contributed by atoms with Crippen molar-refractivity contribution in [2.24, 2.45) is 0 Å². The summed E-state index contributed by atoms with van der Waals surface area (Å²) in [6.07, 6.45) is 1.47. The van der Waals surface area contributed by atoms with Gasteiger partial charge in [-0.3, -0.25) is 20.2 Å². The Labute approximate surface area is 135 Å². The number of nitro groups is 2. The van der Waals surface area contributed by atoms with Crippen LogP contribution in [0, 0.1) is 20.2 Å². The fourth-order valence-electron chi connectivity index (χ4n) is 2.23. The van der Waals surface area contributed by atoms with Gasteiger partial charge in [-0.25, -0.2) is 9.67 Å². The highest BCUT2D eigenvalue weighted by molar-refractivity contribution is 5.56. The van der Waals surface area contributed by atoms with Crippen LogP contribution in [0.15, 0.2) is 54.9 Å². The van der Waals surface area contributed by atoms with Crippen LogP contribution in [0.25, 0.3) is 11.4 Å². The van der Waals surface area contributed by atoms with Gasteiger partial charge < -0.3 is 0 Å². The number of nitro benzene ring substituents is 2. The highest BCUT2D eigenvalue weighted by atomic mass is 16.6. The molecule has 0 N–H and O–H groups in total. The maximum atomic E-state index is 11.0. The predicted octanol–water partition coefficient (Wildman–Crippen LogP) is 2.81. The van der Waals surface area contributed by atoms with Gasteiger partial charge >= 0.3 is 0 Å². The molecule has 0 unspecified atom stereocenters. The van der Waals surface area contributed by atoms with Crippen LogP contribution >= 0.6 is 0 Å². The summed E-state index contributed by atoms with van der Waals surface area (Å²) in [6.45, 7) is 0.205. The minimum Gasteiger partial charge on any atom is -0.258 e. The van der Waals surface area contributed by atoms with Gasteiger partial charge in [0, 0.05) is 23.8 Å². The van der Waals surface area contributed by atoms with Crippen LogP contribution in [0.2, 0.25) is 0 Å². The molecule has 1 heterocycles. The molecule has 0 bridgehead atoms. The molecule has 2 aromatic carbocycles. The van der Waals surface area contributed by atoms with Gasteiger partial charge in [-0.05, 0) is 12.1 Å². The Morgan fingerprint density at radius 2 is 1.67 bits per heavy atom. The molecule has 0 atom stereocenters. The lowest BCUT2D eigenvalue weighted by atomic mass is 10.2. The molecule has 0 aliphatic rings. The molecule has 120 valence electrons. The fourth-order valence-corrected chi connectivity index (χ4v) is 2.23. The van der Waals surface area contributed by atoms with Crippen molar-refractivity contribution in [2.45, 2.75) is 6.54 Å². The second-order valence-electron chi connectivity index (χ2n) is 4.96. The summed E-state index contributed by atoms with van der Waals surface area (Å²) in [6, 6.07) is 12.3. The van der Waals surface area contributed by atoms with Crippen molar-refractivity contribution >= 4 is 11.4 Å². The zero-order valence-corrected chi connectivity index (χ0v) is 12.3. The molecule has 9 heteroatoms. The van der Waals surface area contributed by atoms with E-state index in [0.29, 0.717) is 17.0 Å². The van der Waals surface area contributed by atoms with E-state index in [-0.39, 0.29) is 17.9 Å². The first-order valence-electron chi connectivity index (χ1n) is 6.91. The lowest BCUT2D eigenvalue weighted by molar-refractivity contribution is -0.385. The molecule has 0 aliphatic carbocycles. The van der Waals surface area contributed by atoms with E-state index in [9.17, 15) is 20.2 Å². The van der Waals surface area contributed by atoms with Gasteiger partial charge in [0.2, 0.25) is 0 Å². The van der Waals surface area contributed by atoms with E-state index in [1.54, 1.807) is 30.3 Å². The van der Waals surface area contributed by atoms with Crippen molar-refractivity contribution in [3.8, 4) is 11.4 Å². The second-order valence-corrected chi connectivity index (χ2v) is 4.96. The Balaban J connectivity index is 1.84. The molecule has 3 rings (SSSR count). The van der Waals surface area contributed by atoms with E-state index in [1.807, 2.05) is 0 Å². The third-order valence-corrected chi connectivity index (χ3v) is 3.39. The standard InChI is InChI=1S/C15H11N5O4/c21-19(22)13-7-5-11(6-8-13)15-16-10-18(17-15)9-12-3-1-2-4-14(12)20(23)24/h1-8,10H,9H2. The Kier molecular flexibility index (Phi) is 3.98. The molecule has 0 saturated heterocycles. The SMILES string of the molecule is O=[N+]([O-])c1ccc(-c2ncn(Cc3ccccc3[N+](=O)[O-])n2)cc1. The minimum absolute atomic E-state index is 0.0157. The Hall–Kier alpha value is -3.62. The molecule has 0 fully saturated rings. The van der Waals surface area contributed by atoms with Gasteiger partial charge in [0.05, 0.1) is 22.0 Å². The third-order valence-electron chi connectivity index (χ3n) is 3.39. The number of rotatable bonds is 5. The summed E-state index contributed by atoms with van der Waals surface area (Å²) in [5.41, 5.74) is 1.15. The number of hydrogen-bond acceptors (Lipinski definition) is 6. The number of aromatic nitrogens is 3. The first-order valence-corrected chi connectivity index (χ1v) is 6.91. The summed E-state index contributed by atoms with van der Waals surface area (Å²) in [5, 5.41) is 26.0. The van der Waals surface area contributed by atoms with Crippen LogP contribution in [0.3, 0.4) is 0 Å². The van der Waals surface area contributed by atoms with Crippen molar-refractivity contribution in [1.82, 2.24) is 14.8 Å². The lowest BCUT2D eigenvalue weighted by Crippen LogP contribution is -2.03. The normalized spacial score (nSPS) is 10.5. The molecule has 0 spiro atoms. The Bertz CT molecular complexity index is 904. The van der Waals surface area contributed by atoms with E-state index in [4.69, 9.17) is 0 Å². The largest absolute Gasteiger partial charge is 0.274 e.